The molecule has 0 aromatic rings. The molecule has 0 radical (unpaired) electrons. The van der Waals surface area contributed by atoms with Crippen molar-refractivity contribution in [2.75, 3.05) is 0 Å². The van der Waals surface area contributed by atoms with Gasteiger partial charge in [-0.05, 0) is 51.4 Å². The van der Waals surface area contributed by atoms with E-state index < -0.39 is 0 Å². The number of unbranched alkanes of at least 4 members (excludes halogenated alkanes) is 16. The van der Waals surface area contributed by atoms with Crippen LogP contribution in [0.1, 0.15) is 156 Å². The molecule has 0 heterocycles. The zero-order valence-corrected chi connectivity index (χ0v) is 24.6. The summed E-state index contributed by atoms with van der Waals surface area (Å²) in [5.41, 5.74) is 0. The van der Waals surface area contributed by atoms with Gasteiger partial charge in [0.05, 0.1) is 0 Å². The van der Waals surface area contributed by atoms with Crippen LogP contribution in [0.15, 0.2) is 49.1 Å². The van der Waals surface area contributed by atoms with Crippen molar-refractivity contribution in [1.29, 1.82) is 0 Å². The topological polar surface area (TPSA) is 23.6 Å². The minimum atomic E-state index is -0.000710. The summed E-state index contributed by atoms with van der Waals surface area (Å²) in [5, 5.41) is 0. The highest BCUT2D eigenvalue weighted by Gasteiger charge is 2.13. The third-order valence-corrected chi connectivity index (χ3v) is 6.40. The van der Waals surface area contributed by atoms with E-state index in [1.54, 1.807) is 9.80 Å². The third-order valence-electron chi connectivity index (χ3n) is 6.40. The molecule has 0 aromatic carbocycles. The molecule has 3 heteroatoms. The second-order valence-corrected chi connectivity index (χ2v) is 10.0. The maximum absolute atomic E-state index is 13.6. The Morgan fingerprint density at radius 1 is 0.417 bits per heavy atom. The SMILES string of the molecule is CCCCCC/C=C/N(/C=C/CCCCCC)C(=O)N(/C=C/CCCCCC)/C=C/CCCCCC. The summed E-state index contributed by atoms with van der Waals surface area (Å²) < 4.78 is 0. The average Bonchev–Trinajstić information content (AvgIpc) is 2.89. The van der Waals surface area contributed by atoms with E-state index in [1.807, 2.05) is 24.8 Å². The molecule has 36 heavy (non-hydrogen) atoms. The highest BCUT2D eigenvalue weighted by Crippen LogP contribution is 2.11. The first-order valence-electron chi connectivity index (χ1n) is 15.5. The van der Waals surface area contributed by atoms with Gasteiger partial charge in [0.2, 0.25) is 0 Å². The first kappa shape index (κ1) is 34.2. The normalized spacial score (nSPS) is 12.1. The quantitative estimate of drug-likeness (QED) is 0.121. The summed E-state index contributed by atoms with van der Waals surface area (Å²) in [4.78, 5) is 17.1. The van der Waals surface area contributed by atoms with Crippen LogP contribution in [0, 0.1) is 0 Å². The predicted octanol–water partition coefficient (Wildman–Crippen LogP) is 11.6. The van der Waals surface area contributed by atoms with Crippen LogP contribution in [0.5, 0.6) is 0 Å². The van der Waals surface area contributed by atoms with Crippen LogP contribution in [0.3, 0.4) is 0 Å². The Bertz CT molecular complexity index is 496. The van der Waals surface area contributed by atoms with Gasteiger partial charge in [0.25, 0.3) is 0 Å². The molecule has 0 aromatic heterocycles. The second kappa shape index (κ2) is 27.8. The van der Waals surface area contributed by atoms with Crippen LogP contribution < -0.4 is 0 Å². The van der Waals surface area contributed by atoms with Crippen molar-refractivity contribution in [3.63, 3.8) is 0 Å². The van der Waals surface area contributed by atoms with Crippen molar-refractivity contribution in [2.45, 2.75) is 156 Å². The number of hydrogen-bond donors (Lipinski definition) is 0. The lowest BCUT2D eigenvalue weighted by Crippen LogP contribution is -2.31. The smallest absolute Gasteiger partial charge is 0.277 e. The Hall–Kier alpha value is -1.77. The molecule has 3 nitrogen and oxygen atoms in total. The van der Waals surface area contributed by atoms with Gasteiger partial charge in [0.15, 0.2) is 0 Å². The molecule has 0 rings (SSSR count). The molecule has 0 bridgehead atoms. The molecule has 0 aliphatic rings. The molecule has 0 aliphatic heterocycles. The number of urea groups is 1. The van der Waals surface area contributed by atoms with Gasteiger partial charge in [0, 0.05) is 24.8 Å². The van der Waals surface area contributed by atoms with Crippen molar-refractivity contribution < 1.29 is 4.79 Å². The second-order valence-electron chi connectivity index (χ2n) is 10.0. The van der Waals surface area contributed by atoms with Gasteiger partial charge in [-0.15, -0.1) is 0 Å². The van der Waals surface area contributed by atoms with Gasteiger partial charge in [-0.2, -0.15) is 0 Å². The van der Waals surface area contributed by atoms with E-state index >= 15 is 0 Å². The van der Waals surface area contributed by atoms with E-state index in [0.29, 0.717) is 0 Å². The first-order chi connectivity index (χ1) is 17.7. The van der Waals surface area contributed by atoms with Crippen LogP contribution >= 0.6 is 0 Å². The molecule has 0 spiro atoms. The Balaban J connectivity index is 5.27. The van der Waals surface area contributed by atoms with Crippen LogP contribution in [-0.2, 0) is 0 Å². The lowest BCUT2D eigenvalue weighted by molar-refractivity contribution is 0.209. The molecule has 0 saturated heterocycles. The van der Waals surface area contributed by atoms with Crippen molar-refractivity contribution in [3.8, 4) is 0 Å². The molecule has 2 amide bonds. The van der Waals surface area contributed by atoms with Crippen molar-refractivity contribution in [2.24, 2.45) is 0 Å². The Morgan fingerprint density at radius 2 is 0.667 bits per heavy atom. The largest absolute Gasteiger partial charge is 0.336 e. The van der Waals surface area contributed by atoms with Crippen LogP contribution in [0.2, 0.25) is 0 Å². The minimum Gasteiger partial charge on any atom is -0.277 e. The van der Waals surface area contributed by atoms with E-state index in [1.165, 1.54) is 103 Å². The molecule has 0 N–H and O–H groups in total. The number of hydrogen-bond acceptors (Lipinski definition) is 1. The first-order valence-corrected chi connectivity index (χ1v) is 15.5. The number of nitrogens with zero attached hydrogens (tertiary/aromatic N) is 2. The lowest BCUT2D eigenvalue weighted by atomic mass is 10.1. The zero-order valence-electron chi connectivity index (χ0n) is 24.6. The molecule has 0 aliphatic carbocycles. The fraction of sp³-hybridized carbons (Fsp3) is 0.727. The molecule has 0 atom stereocenters. The van der Waals surface area contributed by atoms with E-state index in [9.17, 15) is 4.79 Å². The Labute approximate surface area is 225 Å². The standard InChI is InChI=1S/C33H60N2O/c1-5-9-13-17-21-25-29-34(30-26-22-18-14-10-6-2)33(36)35(31-27-23-19-15-11-7-3)32-28-24-20-16-12-8-4/h25-32H,5-24H2,1-4H3/b29-25+,30-26+,31-27+,32-28+. The summed E-state index contributed by atoms with van der Waals surface area (Å²) in [6.07, 6.45) is 40.6. The van der Waals surface area contributed by atoms with E-state index in [4.69, 9.17) is 0 Å². The van der Waals surface area contributed by atoms with Gasteiger partial charge in [-0.25, -0.2) is 4.79 Å². The van der Waals surface area contributed by atoms with Gasteiger partial charge in [-0.1, -0.05) is 129 Å². The summed E-state index contributed by atoms with van der Waals surface area (Å²) in [5.74, 6) is 0. The summed E-state index contributed by atoms with van der Waals surface area (Å²) in [6.45, 7) is 8.96. The maximum atomic E-state index is 13.6. The summed E-state index contributed by atoms with van der Waals surface area (Å²) in [6, 6.07) is -0.000710. The molecular formula is C33H60N2O. The Morgan fingerprint density at radius 3 is 0.889 bits per heavy atom. The molecular weight excluding hydrogens is 440 g/mol. The highest BCUT2D eigenvalue weighted by atomic mass is 16.2. The van der Waals surface area contributed by atoms with Gasteiger partial charge < -0.3 is 0 Å². The van der Waals surface area contributed by atoms with E-state index in [-0.39, 0.29) is 6.03 Å². The summed E-state index contributed by atoms with van der Waals surface area (Å²) >= 11 is 0. The van der Waals surface area contributed by atoms with Crippen molar-refractivity contribution in [3.05, 3.63) is 49.1 Å². The highest BCUT2D eigenvalue weighted by molar-refractivity contribution is 5.78. The van der Waals surface area contributed by atoms with Gasteiger partial charge >= 0.3 is 6.03 Å². The monoisotopic (exact) mass is 500 g/mol. The number of carbonyl (C=O) groups is 1. The van der Waals surface area contributed by atoms with Crippen molar-refractivity contribution >= 4 is 6.03 Å². The van der Waals surface area contributed by atoms with E-state index in [0.717, 1.165) is 25.7 Å². The predicted molar refractivity (Wildman–Crippen MR) is 161 cm³/mol. The maximum Gasteiger partial charge on any atom is 0.336 e. The number of rotatable bonds is 24. The molecule has 0 saturated carbocycles. The van der Waals surface area contributed by atoms with Gasteiger partial charge in [0.1, 0.15) is 0 Å². The van der Waals surface area contributed by atoms with E-state index in [2.05, 4.69) is 52.0 Å². The van der Waals surface area contributed by atoms with Crippen LogP contribution in [0.25, 0.3) is 0 Å². The van der Waals surface area contributed by atoms with Crippen molar-refractivity contribution in [1.82, 2.24) is 9.80 Å². The summed E-state index contributed by atoms with van der Waals surface area (Å²) in [7, 11) is 0. The minimum absolute atomic E-state index is 0.000710. The average molecular weight is 501 g/mol. The zero-order chi connectivity index (χ0) is 26.5. The molecule has 0 fully saturated rings. The molecule has 208 valence electrons. The third kappa shape index (κ3) is 21.5. The molecule has 0 unspecified atom stereocenters. The van der Waals surface area contributed by atoms with Gasteiger partial charge in [-0.3, -0.25) is 9.80 Å². The van der Waals surface area contributed by atoms with Crippen LogP contribution in [-0.4, -0.2) is 15.8 Å². The fourth-order valence-corrected chi connectivity index (χ4v) is 4.00. The number of carbonyl (C=O) groups excluding carboxylic acids is 1. The lowest BCUT2D eigenvalue weighted by Gasteiger charge is -2.21. The fourth-order valence-electron chi connectivity index (χ4n) is 4.00. The van der Waals surface area contributed by atoms with Crippen LogP contribution in [0.4, 0.5) is 4.79 Å². The number of amides is 2. The number of allylic oxidation sites excluding steroid dienone is 4. The Kier molecular flexibility index (Phi) is 26.4.